The van der Waals surface area contributed by atoms with E-state index in [1.54, 1.807) is 19.4 Å². The molecule has 0 N–H and O–H groups in total. The second-order valence-corrected chi connectivity index (χ2v) is 6.14. The van der Waals surface area contributed by atoms with E-state index >= 15 is 0 Å². The van der Waals surface area contributed by atoms with Gasteiger partial charge in [-0.2, -0.15) is 4.98 Å². The van der Waals surface area contributed by atoms with Crippen LogP contribution >= 0.6 is 0 Å². The van der Waals surface area contributed by atoms with E-state index in [0.29, 0.717) is 5.88 Å². The molecule has 3 heterocycles. The number of hydrogen-bond donors (Lipinski definition) is 0. The molecule has 1 fully saturated rings. The van der Waals surface area contributed by atoms with E-state index in [-0.39, 0.29) is 0 Å². The van der Waals surface area contributed by atoms with E-state index in [4.69, 9.17) is 4.74 Å². The van der Waals surface area contributed by atoms with Gasteiger partial charge in [0.2, 0.25) is 11.8 Å². The molecule has 25 heavy (non-hydrogen) atoms. The zero-order chi connectivity index (χ0) is 17.1. The molecule has 6 heteroatoms. The molecule has 1 aliphatic heterocycles. The highest BCUT2D eigenvalue weighted by Gasteiger charge is 2.20. The van der Waals surface area contributed by atoms with E-state index in [9.17, 15) is 0 Å². The summed E-state index contributed by atoms with van der Waals surface area (Å²) >= 11 is 0. The van der Waals surface area contributed by atoms with Crippen molar-refractivity contribution < 1.29 is 4.74 Å². The maximum atomic E-state index is 5.19. The SMILES string of the molecule is COc1ccnc(N2CCN(Cc3nccc4ccccc34)CC2)n1. The van der Waals surface area contributed by atoms with Crippen LogP contribution in [0.3, 0.4) is 0 Å². The predicted molar refractivity (Wildman–Crippen MR) is 97.8 cm³/mol. The maximum absolute atomic E-state index is 5.19. The maximum Gasteiger partial charge on any atom is 0.228 e. The first-order valence-corrected chi connectivity index (χ1v) is 8.50. The van der Waals surface area contributed by atoms with Crippen molar-refractivity contribution in [2.24, 2.45) is 0 Å². The lowest BCUT2D eigenvalue weighted by molar-refractivity contribution is 0.246. The number of aromatic nitrogens is 3. The summed E-state index contributed by atoms with van der Waals surface area (Å²) < 4.78 is 5.19. The van der Waals surface area contributed by atoms with Crippen molar-refractivity contribution >= 4 is 16.7 Å². The molecule has 0 saturated carbocycles. The predicted octanol–water partition coefficient (Wildman–Crippen LogP) is 2.36. The van der Waals surface area contributed by atoms with Crippen molar-refractivity contribution in [3.63, 3.8) is 0 Å². The van der Waals surface area contributed by atoms with Crippen molar-refractivity contribution in [2.45, 2.75) is 6.54 Å². The lowest BCUT2D eigenvalue weighted by Crippen LogP contribution is -2.46. The van der Waals surface area contributed by atoms with Crippen molar-refractivity contribution in [3.05, 3.63) is 54.5 Å². The number of fused-ring (bicyclic) bond motifs is 1. The van der Waals surface area contributed by atoms with Gasteiger partial charge >= 0.3 is 0 Å². The van der Waals surface area contributed by atoms with E-state index in [2.05, 4.69) is 55.1 Å². The Morgan fingerprint density at radius 3 is 2.60 bits per heavy atom. The van der Waals surface area contributed by atoms with Gasteiger partial charge in [-0.1, -0.05) is 24.3 Å². The average Bonchev–Trinajstić information content (AvgIpc) is 2.69. The highest BCUT2D eigenvalue weighted by molar-refractivity contribution is 5.84. The third-order valence-electron chi connectivity index (χ3n) is 4.61. The number of benzene rings is 1. The lowest BCUT2D eigenvalue weighted by Gasteiger charge is -2.34. The Bertz CT molecular complexity index is 856. The Hall–Kier alpha value is -2.73. The summed E-state index contributed by atoms with van der Waals surface area (Å²) in [6.45, 7) is 4.60. The van der Waals surface area contributed by atoms with Crippen LogP contribution < -0.4 is 9.64 Å². The van der Waals surface area contributed by atoms with E-state index in [0.717, 1.165) is 44.4 Å². The van der Waals surface area contributed by atoms with Gasteiger partial charge in [-0.3, -0.25) is 9.88 Å². The van der Waals surface area contributed by atoms with Crippen LogP contribution in [-0.4, -0.2) is 53.1 Å². The molecule has 0 spiro atoms. The van der Waals surface area contributed by atoms with E-state index in [1.807, 2.05) is 6.20 Å². The topological polar surface area (TPSA) is 54.4 Å². The minimum absolute atomic E-state index is 0.604. The van der Waals surface area contributed by atoms with Crippen LogP contribution in [0.1, 0.15) is 5.69 Å². The molecule has 2 aromatic heterocycles. The number of pyridine rings is 1. The van der Waals surface area contributed by atoms with Gasteiger partial charge < -0.3 is 9.64 Å². The largest absolute Gasteiger partial charge is 0.481 e. The fourth-order valence-electron chi connectivity index (χ4n) is 3.22. The quantitative estimate of drug-likeness (QED) is 0.729. The van der Waals surface area contributed by atoms with Crippen molar-refractivity contribution in [1.29, 1.82) is 0 Å². The Morgan fingerprint density at radius 2 is 1.76 bits per heavy atom. The number of hydrogen-bond acceptors (Lipinski definition) is 6. The fraction of sp³-hybridized carbons (Fsp3) is 0.316. The van der Waals surface area contributed by atoms with E-state index in [1.165, 1.54) is 10.8 Å². The van der Waals surface area contributed by atoms with E-state index < -0.39 is 0 Å². The molecule has 128 valence electrons. The molecule has 1 aromatic carbocycles. The molecule has 4 rings (SSSR count). The van der Waals surface area contributed by atoms with Crippen LogP contribution in [-0.2, 0) is 6.54 Å². The van der Waals surface area contributed by atoms with Crippen LogP contribution in [0.5, 0.6) is 5.88 Å². The lowest BCUT2D eigenvalue weighted by atomic mass is 10.1. The van der Waals surface area contributed by atoms with Crippen LogP contribution in [0.25, 0.3) is 10.8 Å². The molecular weight excluding hydrogens is 314 g/mol. The number of methoxy groups -OCH3 is 1. The molecule has 1 saturated heterocycles. The summed E-state index contributed by atoms with van der Waals surface area (Å²) in [6.07, 6.45) is 3.64. The molecule has 6 nitrogen and oxygen atoms in total. The van der Waals surface area contributed by atoms with Gasteiger partial charge in [0.15, 0.2) is 0 Å². The fourth-order valence-corrected chi connectivity index (χ4v) is 3.22. The van der Waals surface area contributed by atoms with Gasteiger partial charge in [-0.15, -0.1) is 0 Å². The van der Waals surface area contributed by atoms with Gasteiger partial charge in [0.1, 0.15) is 0 Å². The highest BCUT2D eigenvalue weighted by atomic mass is 16.5. The zero-order valence-corrected chi connectivity index (χ0v) is 14.3. The monoisotopic (exact) mass is 335 g/mol. The molecule has 3 aromatic rings. The summed E-state index contributed by atoms with van der Waals surface area (Å²) in [6, 6.07) is 12.3. The van der Waals surface area contributed by atoms with Gasteiger partial charge in [0.25, 0.3) is 0 Å². The first-order valence-electron chi connectivity index (χ1n) is 8.50. The molecule has 0 bridgehead atoms. The molecule has 0 atom stereocenters. The Morgan fingerprint density at radius 1 is 0.960 bits per heavy atom. The Labute approximate surface area is 147 Å². The first kappa shape index (κ1) is 15.8. The smallest absolute Gasteiger partial charge is 0.228 e. The average molecular weight is 335 g/mol. The second kappa shape index (κ2) is 7.03. The third kappa shape index (κ3) is 3.39. The zero-order valence-electron chi connectivity index (χ0n) is 14.3. The van der Waals surface area contributed by atoms with Gasteiger partial charge in [-0.05, 0) is 11.5 Å². The second-order valence-electron chi connectivity index (χ2n) is 6.14. The standard InChI is InChI=1S/C19H21N5O/c1-25-18-7-9-21-19(22-18)24-12-10-23(11-13-24)14-17-16-5-3-2-4-15(16)6-8-20-17/h2-9H,10-14H2,1H3. The summed E-state index contributed by atoms with van der Waals surface area (Å²) in [4.78, 5) is 18.0. The van der Waals surface area contributed by atoms with Gasteiger partial charge in [0.05, 0.1) is 12.8 Å². The van der Waals surface area contributed by atoms with Crippen LogP contribution in [0, 0.1) is 0 Å². The Balaban J connectivity index is 1.43. The van der Waals surface area contributed by atoms with Gasteiger partial charge in [-0.25, -0.2) is 4.98 Å². The van der Waals surface area contributed by atoms with Crippen molar-refractivity contribution in [1.82, 2.24) is 19.9 Å². The molecule has 1 aliphatic rings. The number of nitrogens with zero attached hydrogens (tertiary/aromatic N) is 5. The Kier molecular flexibility index (Phi) is 4.43. The molecule has 0 unspecified atom stereocenters. The summed E-state index contributed by atoms with van der Waals surface area (Å²) in [5.41, 5.74) is 1.14. The van der Waals surface area contributed by atoms with Crippen LogP contribution in [0.4, 0.5) is 5.95 Å². The molecule has 0 amide bonds. The van der Waals surface area contributed by atoms with Crippen LogP contribution in [0.2, 0.25) is 0 Å². The first-order chi connectivity index (χ1) is 12.3. The summed E-state index contributed by atoms with van der Waals surface area (Å²) in [7, 11) is 1.63. The van der Waals surface area contributed by atoms with Crippen LogP contribution in [0.15, 0.2) is 48.8 Å². The van der Waals surface area contributed by atoms with Crippen molar-refractivity contribution in [3.8, 4) is 5.88 Å². The minimum atomic E-state index is 0.604. The third-order valence-corrected chi connectivity index (χ3v) is 4.61. The molecular formula is C19H21N5O. The normalized spacial score (nSPS) is 15.5. The van der Waals surface area contributed by atoms with Gasteiger partial charge in [0, 0.05) is 56.6 Å². The number of ether oxygens (including phenoxy) is 1. The molecule has 0 aliphatic carbocycles. The van der Waals surface area contributed by atoms with Crippen molar-refractivity contribution in [2.75, 3.05) is 38.2 Å². The number of rotatable bonds is 4. The highest BCUT2D eigenvalue weighted by Crippen LogP contribution is 2.19. The summed E-state index contributed by atoms with van der Waals surface area (Å²) in [5.74, 6) is 1.34. The number of anilines is 1. The number of piperazine rings is 1. The minimum Gasteiger partial charge on any atom is -0.481 e. The summed E-state index contributed by atoms with van der Waals surface area (Å²) in [5, 5.41) is 2.49. The molecule has 0 radical (unpaired) electrons.